The van der Waals surface area contributed by atoms with Gasteiger partial charge in [-0.3, -0.25) is 4.79 Å². The van der Waals surface area contributed by atoms with E-state index in [2.05, 4.69) is 0 Å². The molecule has 3 aromatic carbocycles. The third-order valence-corrected chi connectivity index (χ3v) is 6.56. The quantitative estimate of drug-likeness (QED) is 0.272. The van der Waals surface area contributed by atoms with Gasteiger partial charge in [0.05, 0.1) is 20.1 Å². The summed E-state index contributed by atoms with van der Waals surface area (Å²) in [7, 11) is 3.13. The molecule has 0 fully saturated rings. The van der Waals surface area contributed by atoms with E-state index in [-0.39, 0.29) is 24.4 Å². The highest BCUT2D eigenvalue weighted by Gasteiger charge is 2.36. The van der Waals surface area contributed by atoms with Crippen LogP contribution in [0, 0.1) is 13.8 Å². The molecular weight excluding hydrogens is 484 g/mol. The number of allylic oxidation sites excluding steroid dienone is 1. The van der Waals surface area contributed by atoms with Gasteiger partial charge >= 0.3 is 5.97 Å². The summed E-state index contributed by atoms with van der Waals surface area (Å²) in [4.78, 5) is 27.1. The second kappa shape index (κ2) is 11.7. The second-order valence-electron chi connectivity index (χ2n) is 8.98. The fourth-order valence-corrected chi connectivity index (χ4v) is 4.62. The van der Waals surface area contributed by atoms with Crippen LogP contribution >= 0.6 is 0 Å². The molecule has 0 aliphatic carbocycles. The lowest BCUT2D eigenvalue weighted by atomic mass is 9.79. The number of carbonyl (C=O) groups is 2. The van der Waals surface area contributed by atoms with Gasteiger partial charge in [0.1, 0.15) is 23.5 Å². The Morgan fingerprint density at radius 1 is 0.947 bits per heavy atom. The highest BCUT2D eigenvalue weighted by molar-refractivity contribution is 6.14. The number of rotatable bonds is 10. The number of hydrogen-bond acceptors (Lipinski definition) is 6. The monoisotopic (exact) mass is 514 g/mol. The summed E-state index contributed by atoms with van der Waals surface area (Å²) in [6.45, 7) is 3.77. The van der Waals surface area contributed by atoms with Gasteiger partial charge in [-0.2, -0.15) is 0 Å². The minimum atomic E-state index is -1.18. The molecule has 3 aromatic rings. The maximum Gasteiger partial charge on any atom is 0.332 e. The molecular formula is C31H30O7. The normalized spacial score (nSPS) is 13.9. The molecule has 4 rings (SSSR count). The zero-order chi connectivity index (χ0) is 27.2. The van der Waals surface area contributed by atoms with Crippen LogP contribution < -0.4 is 9.47 Å². The number of methoxy groups -OCH3 is 2. The smallest absolute Gasteiger partial charge is 0.332 e. The van der Waals surface area contributed by atoms with Crippen molar-refractivity contribution < 1.29 is 33.6 Å². The Morgan fingerprint density at radius 3 is 2.24 bits per heavy atom. The predicted molar refractivity (Wildman–Crippen MR) is 142 cm³/mol. The van der Waals surface area contributed by atoms with E-state index in [1.54, 1.807) is 38.5 Å². The van der Waals surface area contributed by atoms with Gasteiger partial charge in [-0.1, -0.05) is 36.4 Å². The highest BCUT2D eigenvalue weighted by Crippen LogP contribution is 2.41. The van der Waals surface area contributed by atoms with Crippen LogP contribution in [0.15, 0.2) is 89.9 Å². The van der Waals surface area contributed by atoms with Gasteiger partial charge < -0.3 is 24.1 Å². The molecule has 0 amide bonds. The van der Waals surface area contributed by atoms with Crippen LogP contribution in [0.5, 0.6) is 11.5 Å². The van der Waals surface area contributed by atoms with Crippen LogP contribution in [0.1, 0.15) is 38.5 Å². The Morgan fingerprint density at radius 2 is 1.66 bits per heavy atom. The van der Waals surface area contributed by atoms with Crippen molar-refractivity contribution in [1.82, 2.24) is 0 Å². The number of ether oxygens (including phenoxy) is 4. The van der Waals surface area contributed by atoms with E-state index in [1.165, 1.54) is 6.26 Å². The molecule has 38 heavy (non-hydrogen) atoms. The highest BCUT2D eigenvalue weighted by atomic mass is 16.7. The molecule has 0 aromatic heterocycles. The predicted octanol–water partition coefficient (Wildman–Crippen LogP) is 5.76. The number of benzene rings is 3. The van der Waals surface area contributed by atoms with E-state index in [9.17, 15) is 14.7 Å². The SMILES string of the molecule is COc1ccc(C(=O)C(=C(Cc2ccccc2)C(=O)O)C(C2=COCO2)c2cc(C)c(OC)cc2C)cc1. The van der Waals surface area contributed by atoms with Gasteiger partial charge in [0, 0.05) is 23.1 Å². The van der Waals surface area contributed by atoms with Crippen LogP contribution in [-0.2, 0) is 20.7 Å². The Balaban J connectivity index is 2.01. The second-order valence-corrected chi connectivity index (χ2v) is 8.98. The zero-order valence-corrected chi connectivity index (χ0v) is 21.8. The molecule has 1 heterocycles. The van der Waals surface area contributed by atoms with Crippen molar-refractivity contribution in [1.29, 1.82) is 0 Å². The fraction of sp³-hybridized carbons (Fsp3) is 0.226. The molecule has 0 radical (unpaired) electrons. The number of aryl methyl sites for hydroxylation is 2. The number of ketones is 1. The summed E-state index contributed by atoms with van der Waals surface area (Å²) in [5, 5.41) is 10.5. The third kappa shape index (κ3) is 5.57. The first-order chi connectivity index (χ1) is 18.3. The average molecular weight is 515 g/mol. The first kappa shape index (κ1) is 26.5. The Hall–Kier alpha value is -4.52. The summed E-state index contributed by atoms with van der Waals surface area (Å²) >= 11 is 0. The van der Waals surface area contributed by atoms with Crippen molar-refractivity contribution in [2.24, 2.45) is 0 Å². The number of carbonyl (C=O) groups excluding carboxylic acids is 1. The van der Waals surface area contributed by atoms with Crippen LogP contribution in [0.4, 0.5) is 0 Å². The molecule has 0 spiro atoms. The molecule has 0 saturated carbocycles. The topological polar surface area (TPSA) is 91.3 Å². The van der Waals surface area contributed by atoms with Gasteiger partial charge in [0.2, 0.25) is 6.79 Å². The van der Waals surface area contributed by atoms with Crippen molar-refractivity contribution in [3.63, 3.8) is 0 Å². The molecule has 1 N–H and O–H groups in total. The van der Waals surface area contributed by atoms with Gasteiger partial charge in [-0.15, -0.1) is 0 Å². The summed E-state index contributed by atoms with van der Waals surface area (Å²) in [5.41, 5.74) is 3.57. The molecule has 1 atom stereocenters. The average Bonchev–Trinajstić information content (AvgIpc) is 3.46. The molecule has 7 nitrogen and oxygen atoms in total. The number of carboxylic acid groups (broad SMARTS) is 1. The van der Waals surface area contributed by atoms with Crippen LogP contribution in [0.25, 0.3) is 0 Å². The van der Waals surface area contributed by atoms with Crippen molar-refractivity contribution in [2.45, 2.75) is 26.2 Å². The number of hydrogen-bond donors (Lipinski definition) is 1. The lowest BCUT2D eigenvalue weighted by Gasteiger charge is -2.25. The molecule has 0 bridgehead atoms. The van der Waals surface area contributed by atoms with Crippen molar-refractivity contribution in [3.05, 3.63) is 118 Å². The van der Waals surface area contributed by atoms with E-state index in [1.807, 2.05) is 56.3 Å². The largest absolute Gasteiger partial charge is 0.497 e. The molecule has 1 aliphatic heterocycles. The minimum absolute atomic E-state index is 0.0220. The molecule has 7 heteroatoms. The van der Waals surface area contributed by atoms with Gasteiger partial charge in [0.25, 0.3) is 0 Å². The third-order valence-electron chi connectivity index (χ3n) is 6.56. The van der Waals surface area contributed by atoms with E-state index in [4.69, 9.17) is 18.9 Å². The summed E-state index contributed by atoms with van der Waals surface area (Å²) in [6.07, 6.45) is 1.50. The van der Waals surface area contributed by atoms with E-state index in [0.29, 0.717) is 22.8 Å². The molecule has 196 valence electrons. The van der Waals surface area contributed by atoms with Crippen molar-refractivity contribution in [3.8, 4) is 11.5 Å². The molecule has 1 aliphatic rings. The van der Waals surface area contributed by atoms with Gasteiger partial charge in [-0.05, 0) is 66.4 Å². The zero-order valence-electron chi connectivity index (χ0n) is 21.8. The maximum absolute atomic E-state index is 14.3. The summed E-state index contributed by atoms with van der Waals surface area (Å²) < 4.78 is 21.9. The standard InChI is InChI=1S/C31H30O7/c1-19-15-26(36-4)20(2)14-24(19)28(27-17-37-18-38-27)29(30(32)22-10-12-23(35-3)13-11-22)25(31(33)34)16-21-8-6-5-7-9-21/h5-15,17,28H,16,18H2,1-4H3,(H,33,34). The number of carboxylic acids is 1. The maximum atomic E-state index is 14.3. The van der Waals surface area contributed by atoms with E-state index < -0.39 is 17.7 Å². The fourth-order valence-electron chi connectivity index (χ4n) is 4.62. The van der Waals surface area contributed by atoms with Crippen LogP contribution in [-0.4, -0.2) is 37.9 Å². The van der Waals surface area contributed by atoms with Gasteiger partial charge in [0.15, 0.2) is 5.78 Å². The van der Waals surface area contributed by atoms with E-state index in [0.717, 1.165) is 22.3 Å². The van der Waals surface area contributed by atoms with E-state index >= 15 is 0 Å². The lowest BCUT2D eigenvalue weighted by Crippen LogP contribution is -2.22. The van der Waals surface area contributed by atoms with Crippen LogP contribution in [0.3, 0.4) is 0 Å². The van der Waals surface area contributed by atoms with Crippen LogP contribution in [0.2, 0.25) is 0 Å². The van der Waals surface area contributed by atoms with Crippen molar-refractivity contribution in [2.75, 3.05) is 21.0 Å². The summed E-state index contributed by atoms with van der Waals surface area (Å²) in [6, 6.07) is 19.6. The number of Topliss-reactive ketones (excluding diaryl/α,β-unsaturated/α-hetero) is 1. The van der Waals surface area contributed by atoms with Gasteiger partial charge in [-0.25, -0.2) is 4.79 Å². The first-order valence-electron chi connectivity index (χ1n) is 12.1. The molecule has 0 saturated heterocycles. The Kier molecular flexibility index (Phi) is 8.16. The summed E-state index contributed by atoms with van der Waals surface area (Å²) in [5.74, 6) is -0.790. The minimum Gasteiger partial charge on any atom is -0.497 e. The first-order valence-corrected chi connectivity index (χ1v) is 12.1. The van der Waals surface area contributed by atoms with Crippen molar-refractivity contribution >= 4 is 11.8 Å². The Bertz CT molecular complexity index is 1390. The Labute approximate surface area is 221 Å². The molecule has 1 unspecified atom stereocenters. The lowest BCUT2D eigenvalue weighted by molar-refractivity contribution is -0.132. The number of aliphatic carboxylic acids is 1.